The van der Waals surface area contributed by atoms with Crippen LogP contribution in [0.4, 0.5) is 0 Å². The molecule has 1 heterocycles. The Kier molecular flexibility index (Phi) is 5.30. The highest BCUT2D eigenvalue weighted by atomic mass is 35.5. The van der Waals surface area contributed by atoms with Gasteiger partial charge in [0.15, 0.2) is 0 Å². The van der Waals surface area contributed by atoms with Crippen molar-refractivity contribution >= 4 is 18.3 Å². The second-order valence-electron chi connectivity index (χ2n) is 7.41. The van der Waals surface area contributed by atoms with Gasteiger partial charge in [0.1, 0.15) is 0 Å². The lowest BCUT2D eigenvalue weighted by Crippen LogP contribution is -2.50. The summed E-state index contributed by atoms with van der Waals surface area (Å²) in [5.41, 5.74) is 6.40. The van der Waals surface area contributed by atoms with Gasteiger partial charge in [0.25, 0.3) is 0 Å². The summed E-state index contributed by atoms with van der Waals surface area (Å²) in [7, 11) is 0. The van der Waals surface area contributed by atoms with Crippen LogP contribution in [-0.2, 0) is 4.79 Å². The van der Waals surface area contributed by atoms with E-state index in [-0.39, 0.29) is 29.8 Å². The van der Waals surface area contributed by atoms with Gasteiger partial charge in [-0.15, -0.1) is 12.4 Å². The minimum atomic E-state index is -0.365. The molecule has 2 aliphatic rings. The average Bonchev–Trinajstić information content (AvgIpc) is 2.71. The largest absolute Gasteiger partial charge is 0.341 e. The van der Waals surface area contributed by atoms with Crippen molar-refractivity contribution in [3.8, 4) is 0 Å². The van der Waals surface area contributed by atoms with E-state index in [0.29, 0.717) is 5.41 Å². The van der Waals surface area contributed by atoms with Crippen molar-refractivity contribution in [1.82, 2.24) is 4.90 Å². The van der Waals surface area contributed by atoms with Gasteiger partial charge in [-0.3, -0.25) is 4.79 Å². The number of hydrogen-bond acceptors (Lipinski definition) is 2. The number of carbonyl (C=O) groups excluding carboxylic acids is 1. The van der Waals surface area contributed by atoms with E-state index in [2.05, 4.69) is 0 Å². The van der Waals surface area contributed by atoms with E-state index in [9.17, 15) is 4.79 Å². The van der Waals surface area contributed by atoms with Crippen LogP contribution in [0, 0.1) is 10.8 Å². The SMILES string of the molecule is CC(C)(C)[C@H](N)C(=O)N1CCC2(CCCCC2)C1.Cl. The van der Waals surface area contributed by atoms with Gasteiger partial charge >= 0.3 is 0 Å². The fraction of sp³-hybridized carbons (Fsp3) is 0.933. The van der Waals surface area contributed by atoms with Crippen LogP contribution in [0.15, 0.2) is 0 Å². The smallest absolute Gasteiger partial charge is 0.240 e. The Morgan fingerprint density at radius 3 is 2.26 bits per heavy atom. The van der Waals surface area contributed by atoms with Gasteiger partial charge in [-0.1, -0.05) is 40.0 Å². The average molecular weight is 289 g/mol. The third-order valence-electron chi connectivity index (χ3n) is 4.86. The molecule has 0 aromatic carbocycles. The molecule has 2 rings (SSSR count). The van der Waals surface area contributed by atoms with Crippen LogP contribution in [0.3, 0.4) is 0 Å². The number of halogens is 1. The third kappa shape index (κ3) is 3.63. The molecular weight excluding hydrogens is 260 g/mol. The number of nitrogens with zero attached hydrogens (tertiary/aromatic N) is 1. The van der Waals surface area contributed by atoms with Gasteiger partial charge in [-0.2, -0.15) is 0 Å². The zero-order valence-corrected chi connectivity index (χ0v) is 13.4. The van der Waals surface area contributed by atoms with Gasteiger partial charge in [0.05, 0.1) is 6.04 Å². The van der Waals surface area contributed by atoms with E-state index in [1.165, 1.54) is 38.5 Å². The maximum Gasteiger partial charge on any atom is 0.240 e. The molecule has 1 saturated carbocycles. The standard InChI is InChI=1S/C15H28N2O.ClH/c1-14(2,3)12(16)13(18)17-10-9-15(11-17)7-5-4-6-8-15;/h12H,4-11,16H2,1-3H3;1H/t12-;/m1./s1. The first-order chi connectivity index (χ1) is 8.34. The van der Waals surface area contributed by atoms with Crippen LogP contribution in [0.2, 0.25) is 0 Å². The first kappa shape index (κ1) is 16.8. The van der Waals surface area contributed by atoms with Gasteiger partial charge in [0, 0.05) is 13.1 Å². The van der Waals surface area contributed by atoms with Crippen LogP contribution in [0.25, 0.3) is 0 Å². The number of rotatable bonds is 1. The minimum absolute atomic E-state index is 0. The van der Waals surface area contributed by atoms with E-state index in [1.54, 1.807) is 0 Å². The normalized spacial score (nSPS) is 24.1. The Bertz CT molecular complexity index is 319. The molecular formula is C15H29ClN2O. The predicted octanol–water partition coefficient (Wildman–Crippen LogP) is 2.96. The second kappa shape index (κ2) is 6.01. The summed E-state index contributed by atoms with van der Waals surface area (Å²) < 4.78 is 0. The quantitative estimate of drug-likeness (QED) is 0.806. The Morgan fingerprint density at radius 1 is 1.16 bits per heavy atom. The Labute approximate surface area is 123 Å². The summed E-state index contributed by atoms with van der Waals surface area (Å²) >= 11 is 0. The molecule has 0 radical (unpaired) electrons. The van der Waals surface area contributed by atoms with Crippen molar-refractivity contribution in [2.45, 2.75) is 65.3 Å². The van der Waals surface area contributed by atoms with Gasteiger partial charge in [-0.25, -0.2) is 0 Å². The Balaban J connectivity index is 0.00000180. The zero-order valence-electron chi connectivity index (χ0n) is 12.6. The lowest BCUT2D eigenvalue weighted by atomic mass is 9.73. The fourth-order valence-electron chi connectivity index (χ4n) is 3.40. The van der Waals surface area contributed by atoms with Crippen molar-refractivity contribution in [1.29, 1.82) is 0 Å². The topological polar surface area (TPSA) is 46.3 Å². The Morgan fingerprint density at radius 2 is 1.74 bits per heavy atom. The molecule has 2 fully saturated rings. The Hall–Kier alpha value is -0.280. The molecule has 1 atom stereocenters. The molecule has 1 aliphatic carbocycles. The van der Waals surface area contributed by atoms with Gasteiger partial charge in [-0.05, 0) is 30.1 Å². The molecule has 1 amide bonds. The number of amides is 1. The summed E-state index contributed by atoms with van der Waals surface area (Å²) in [5, 5.41) is 0. The van der Waals surface area contributed by atoms with Crippen LogP contribution in [0.1, 0.15) is 59.3 Å². The number of likely N-dealkylation sites (tertiary alicyclic amines) is 1. The van der Waals surface area contributed by atoms with E-state index < -0.39 is 0 Å². The molecule has 1 spiro atoms. The molecule has 0 unspecified atom stereocenters. The highest BCUT2D eigenvalue weighted by Crippen LogP contribution is 2.43. The van der Waals surface area contributed by atoms with Crippen molar-refractivity contribution in [3.63, 3.8) is 0 Å². The summed E-state index contributed by atoms with van der Waals surface area (Å²) in [6, 6.07) is -0.365. The molecule has 19 heavy (non-hydrogen) atoms. The van der Waals surface area contributed by atoms with Gasteiger partial charge < -0.3 is 10.6 Å². The maximum atomic E-state index is 12.4. The zero-order chi connectivity index (χ0) is 13.4. The highest BCUT2D eigenvalue weighted by molar-refractivity contribution is 5.85. The fourth-order valence-corrected chi connectivity index (χ4v) is 3.40. The summed E-state index contributed by atoms with van der Waals surface area (Å²) in [5.74, 6) is 0.157. The third-order valence-corrected chi connectivity index (χ3v) is 4.86. The van der Waals surface area contributed by atoms with Crippen molar-refractivity contribution in [3.05, 3.63) is 0 Å². The maximum absolute atomic E-state index is 12.4. The highest BCUT2D eigenvalue weighted by Gasteiger charge is 2.42. The molecule has 112 valence electrons. The first-order valence-corrected chi connectivity index (χ1v) is 7.39. The predicted molar refractivity (Wildman–Crippen MR) is 81.4 cm³/mol. The molecule has 3 nitrogen and oxygen atoms in total. The first-order valence-electron chi connectivity index (χ1n) is 7.39. The van der Waals surface area contributed by atoms with Crippen molar-refractivity contribution in [2.75, 3.05) is 13.1 Å². The summed E-state index contributed by atoms with van der Waals surface area (Å²) in [6.07, 6.45) is 7.86. The van der Waals surface area contributed by atoms with Crippen LogP contribution >= 0.6 is 12.4 Å². The van der Waals surface area contributed by atoms with E-state index in [4.69, 9.17) is 5.73 Å². The molecule has 0 aromatic rings. The van der Waals surface area contributed by atoms with E-state index in [0.717, 1.165) is 13.1 Å². The second-order valence-corrected chi connectivity index (χ2v) is 7.41. The summed E-state index contributed by atoms with van der Waals surface area (Å²) in [4.78, 5) is 14.4. The number of carbonyl (C=O) groups is 1. The molecule has 1 aliphatic heterocycles. The lowest BCUT2D eigenvalue weighted by molar-refractivity contribution is -0.134. The van der Waals surface area contributed by atoms with E-state index in [1.807, 2.05) is 25.7 Å². The number of nitrogens with two attached hydrogens (primary N) is 1. The summed E-state index contributed by atoms with van der Waals surface area (Å²) in [6.45, 7) is 8.00. The van der Waals surface area contributed by atoms with Crippen LogP contribution < -0.4 is 5.73 Å². The monoisotopic (exact) mass is 288 g/mol. The molecule has 2 N–H and O–H groups in total. The number of hydrogen-bond donors (Lipinski definition) is 1. The minimum Gasteiger partial charge on any atom is -0.341 e. The van der Waals surface area contributed by atoms with Crippen molar-refractivity contribution < 1.29 is 4.79 Å². The van der Waals surface area contributed by atoms with Crippen LogP contribution in [-0.4, -0.2) is 29.9 Å². The molecule has 1 saturated heterocycles. The molecule has 0 aromatic heterocycles. The lowest BCUT2D eigenvalue weighted by Gasteiger charge is -2.34. The van der Waals surface area contributed by atoms with Gasteiger partial charge in [0.2, 0.25) is 5.91 Å². The molecule has 4 heteroatoms. The van der Waals surface area contributed by atoms with Crippen LogP contribution in [0.5, 0.6) is 0 Å². The van der Waals surface area contributed by atoms with Crippen molar-refractivity contribution in [2.24, 2.45) is 16.6 Å². The van der Waals surface area contributed by atoms with E-state index >= 15 is 0 Å². The molecule has 0 bridgehead atoms.